The number of aromatic nitrogens is 2. The van der Waals surface area contributed by atoms with E-state index in [9.17, 15) is 4.79 Å². The van der Waals surface area contributed by atoms with Crippen molar-refractivity contribution in [1.29, 1.82) is 0 Å². The third-order valence-electron chi connectivity index (χ3n) is 5.11. The lowest BCUT2D eigenvalue weighted by atomic mass is 10.2. The van der Waals surface area contributed by atoms with E-state index < -0.39 is 5.60 Å². The van der Waals surface area contributed by atoms with Crippen LogP contribution in [0.4, 0.5) is 5.69 Å². The summed E-state index contributed by atoms with van der Waals surface area (Å²) >= 11 is 13.0. The fourth-order valence-electron chi connectivity index (χ4n) is 3.58. The molecule has 0 spiro atoms. The zero-order chi connectivity index (χ0) is 28.5. The van der Waals surface area contributed by atoms with E-state index in [0.717, 1.165) is 28.0 Å². The Hall–Kier alpha value is -3.00. The predicted octanol–water partition coefficient (Wildman–Crippen LogP) is 7.64. The van der Waals surface area contributed by atoms with Crippen LogP contribution in [0.15, 0.2) is 71.9 Å². The van der Waals surface area contributed by atoms with Crippen molar-refractivity contribution in [1.82, 2.24) is 9.55 Å². The Morgan fingerprint density at radius 1 is 1.05 bits per heavy atom. The molecule has 0 aliphatic carbocycles. The lowest BCUT2D eigenvalue weighted by Crippen LogP contribution is -2.32. The zero-order valence-electron chi connectivity index (χ0n) is 22.5. The van der Waals surface area contributed by atoms with Gasteiger partial charge in [0.05, 0.1) is 5.52 Å². The van der Waals surface area contributed by atoms with Crippen LogP contribution < -0.4 is 4.90 Å². The molecule has 0 amide bonds. The summed E-state index contributed by atoms with van der Waals surface area (Å²) in [6, 6.07) is 17.8. The monoisotopic (exact) mass is 573 g/mol. The van der Waals surface area contributed by atoms with Crippen LogP contribution in [0, 0.1) is 6.92 Å². The molecule has 9 heteroatoms. The Bertz CT molecular complexity index is 1320. The quantitative estimate of drug-likeness (QED) is 0.180. The molecule has 0 radical (unpaired) electrons. The van der Waals surface area contributed by atoms with Crippen molar-refractivity contribution in [2.75, 3.05) is 24.7 Å². The van der Waals surface area contributed by atoms with Crippen molar-refractivity contribution in [2.24, 2.45) is 0 Å². The molecule has 0 aliphatic heterocycles. The van der Waals surface area contributed by atoms with Gasteiger partial charge in [-0.3, -0.25) is 4.79 Å². The molecule has 6 nitrogen and oxygen atoms in total. The first-order valence-corrected chi connectivity index (χ1v) is 13.7. The van der Waals surface area contributed by atoms with Gasteiger partial charge in [-0.15, -0.1) is 11.8 Å². The van der Waals surface area contributed by atoms with Crippen LogP contribution in [0.3, 0.4) is 0 Å². The van der Waals surface area contributed by atoms with Gasteiger partial charge < -0.3 is 19.0 Å². The lowest BCUT2D eigenvalue weighted by molar-refractivity contribution is -0.152. The second kappa shape index (κ2) is 14.2. The molecule has 0 saturated carbocycles. The predicted molar refractivity (Wildman–Crippen MR) is 160 cm³/mol. The lowest BCUT2D eigenvalue weighted by Gasteiger charge is -2.23. The van der Waals surface area contributed by atoms with Gasteiger partial charge >= 0.3 is 5.97 Å². The van der Waals surface area contributed by atoms with E-state index in [-0.39, 0.29) is 12.5 Å². The van der Waals surface area contributed by atoms with E-state index in [1.807, 2.05) is 83.1 Å². The number of benzene rings is 2. The van der Waals surface area contributed by atoms with Crippen LogP contribution in [-0.4, -0.2) is 47.8 Å². The van der Waals surface area contributed by atoms with E-state index in [1.165, 1.54) is 4.90 Å². The van der Waals surface area contributed by atoms with E-state index in [1.54, 1.807) is 17.8 Å². The summed E-state index contributed by atoms with van der Waals surface area (Å²) in [6.07, 6.45) is 5.91. The highest BCUT2D eigenvalue weighted by molar-refractivity contribution is 7.98. The Morgan fingerprint density at radius 3 is 2.29 bits per heavy atom. The van der Waals surface area contributed by atoms with Crippen LogP contribution in [0.5, 0.6) is 0 Å². The van der Waals surface area contributed by atoms with Gasteiger partial charge in [0.2, 0.25) is 0 Å². The highest BCUT2D eigenvalue weighted by Crippen LogP contribution is 2.26. The van der Waals surface area contributed by atoms with Crippen LogP contribution in [0.1, 0.15) is 26.3 Å². The SMILES string of the molecule is C=O.CSc1ccnc(-n2ccc3cc(N(C)CC(=O)OC(C)(C)C)ccc32)c1.Cc1cc(Cl)cc(Cl)c1. The third kappa shape index (κ3) is 9.39. The molecule has 0 saturated heterocycles. The summed E-state index contributed by atoms with van der Waals surface area (Å²) in [5, 5.41) is 2.49. The van der Waals surface area contributed by atoms with Crippen molar-refractivity contribution < 1.29 is 14.3 Å². The number of likely N-dealkylation sites (N-methyl/N-ethyl adjacent to an activating group) is 1. The number of hydrogen-bond donors (Lipinski definition) is 0. The van der Waals surface area contributed by atoms with Crippen LogP contribution >= 0.6 is 35.0 Å². The number of carbonyl (C=O) groups is 2. The van der Waals surface area contributed by atoms with E-state index >= 15 is 0 Å². The van der Waals surface area contributed by atoms with Gasteiger partial charge in [0.25, 0.3) is 0 Å². The second-order valence-corrected chi connectivity index (χ2v) is 11.1. The highest BCUT2D eigenvalue weighted by Gasteiger charge is 2.18. The van der Waals surface area contributed by atoms with E-state index in [4.69, 9.17) is 32.7 Å². The van der Waals surface area contributed by atoms with Gasteiger partial charge in [-0.25, -0.2) is 4.98 Å². The van der Waals surface area contributed by atoms with E-state index in [0.29, 0.717) is 10.0 Å². The first-order valence-electron chi connectivity index (χ1n) is 11.7. The molecule has 0 fully saturated rings. The first-order chi connectivity index (χ1) is 17.9. The molecule has 0 unspecified atom stereocenters. The number of nitrogens with zero attached hydrogens (tertiary/aromatic N) is 3. The maximum Gasteiger partial charge on any atom is 0.326 e. The number of carbonyl (C=O) groups excluding carboxylic acids is 2. The summed E-state index contributed by atoms with van der Waals surface area (Å²) < 4.78 is 7.48. The second-order valence-electron chi connectivity index (χ2n) is 9.37. The summed E-state index contributed by atoms with van der Waals surface area (Å²) in [6.45, 7) is 9.79. The highest BCUT2D eigenvalue weighted by atomic mass is 35.5. The fourth-order valence-corrected chi connectivity index (χ4v) is 4.63. The van der Waals surface area contributed by atoms with Gasteiger partial charge in [-0.2, -0.15) is 0 Å². The number of aryl methyl sites for hydroxylation is 1. The molecule has 38 heavy (non-hydrogen) atoms. The van der Waals surface area contributed by atoms with Crippen molar-refractivity contribution in [3.8, 4) is 5.82 Å². The van der Waals surface area contributed by atoms with Crippen molar-refractivity contribution in [3.05, 3.63) is 82.6 Å². The van der Waals surface area contributed by atoms with Gasteiger partial charge in [0.15, 0.2) is 0 Å². The smallest absolute Gasteiger partial charge is 0.326 e. The maximum atomic E-state index is 12.1. The standard InChI is InChI=1S/C21H25N3O2S.C7H6Cl2.CH2O/c1-21(2,3)26-20(25)14-23(4)16-6-7-18-15(12-16)9-11-24(18)19-13-17(27-5)8-10-22-19;1-5-2-6(8)4-7(9)3-5;1-2/h6-13H,14H2,1-5H3;2-4H,1H3;1H2. The average molecular weight is 575 g/mol. The Kier molecular flexibility index (Phi) is 11.7. The number of fused-ring (bicyclic) bond motifs is 1. The topological polar surface area (TPSA) is 64.4 Å². The minimum atomic E-state index is -0.475. The molecule has 0 atom stereocenters. The maximum absolute atomic E-state index is 12.1. The Balaban J connectivity index is 0.000000387. The fraction of sp³-hybridized carbons (Fsp3) is 0.276. The third-order valence-corrected chi connectivity index (χ3v) is 6.27. The average Bonchev–Trinajstić information content (AvgIpc) is 3.27. The normalized spacial score (nSPS) is 10.6. The van der Waals surface area contributed by atoms with Crippen LogP contribution in [0.2, 0.25) is 10.0 Å². The summed E-state index contributed by atoms with van der Waals surface area (Å²) in [5.41, 5.74) is 2.66. The largest absolute Gasteiger partial charge is 0.459 e. The van der Waals surface area contributed by atoms with Gasteiger partial charge in [-0.05, 0) is 94.1 Å². The number of anilines is 1. The minimum absolute atomic E-state index is 0.209. The number of thioether (sulfide) groups is 1. The molecular weight excluding hydrogens is 541 g/mol. The van der Waals surface area contributed by atoms with Gasteiger partial charge in [0, 0.05) is 45.5 Å². The minimum Gasteiger partial charge on any atom is -0.459 e. The number of pyridine rings is 1. The summed E-state index contributed by atoms with van der Waals surface area (Å²) in [5.74, 6) is 0.660. The molecule has 2 aromatic heterocycles. The number of ether oxygens (including phenoxy) is 1. The molecule has 0 N–H and O–H groups in total. The zero-order valence-corrected chi connectivity index (χ0v) is 24.8. The summed E-state index contributed by atoms with van der Waals surface area (Å²) in [4.78, 5) is 27.6. The molecule has 2 heterocycles. The molecule has 2 aromatic carbocycles. The molecule has 0 aliphatic rings. The number of rotatable bonds is 5. The molecule has 202 valence electrons. The molecular formula is C29H33Cl2N3O3S. The van der Waals surface area contributed by atoms with Crippen molar-refractivity contribution >= 4 is 64.3 Å². The molecule has 0 bridgehead atoms. The van der Waals surface area contributed by atoms with E-state index in [2.05, 4.69) is 40.1 Å². The van der Waals surface area contributed by atoms with Gasteiger partial charge in [0.1, 0.15) is 24.8 Å². The molecule has 4 rings (SSSR count). The Labute approximate surface area is 238 Å². The number of halogens is 2. The molecule has 4 aromatic rings. The number of esters is 1. The first kappa shape index (κ1) is 31.2. The van der Waals surface area contributed by atoms with Gasteiger partial charge in [-0.1, -0.05) is 23.2 Å². The van der Waals surface area contributed by atoms with Crippen LogP contribution in [0.25, 0.3) is 16.7 Å². The summed E-state index contributed by atoms with van der Waals surface area (Å²) in [7, 11) is 1.89. The number of hydrogen-bond acceptors (Lipinski definition) is 6. The van der Waals surface area contributed by atoms with Crippen molar-refractivity contribution in [2.45, 2.75) is 38.2 Å². The Morgan fingerprint density at radius 2 is 1.71 bits per heavy atom. The van der Waals surface area contributed by atoms with Crippen LogP contribution in [-0.2, 0) is 14.3 Å². The van der Waals surface area contributed by atoms with Crippen molar-refractivity contribution in [3.63, 3.8) is 0 Å².